The van der Waals surface area contributed by atoms with Crippen molar-refractivity contribution >= 4 is 33.5 Å². The lowest BCUT2D eigenvalue weighted by molar-refractivity contribution is -0.0327. The first-order valence-electron chi connectivity index (χ1n) is 4.08. The molecule has 16 heavy (non-hydrogen) atoms. The van der Waals surface area contributed by atoms with Crippen molar-refractivity contribution in [3.63, 3.8) is 0 Å². The number of thioether (sulfide) groups is 1. The zero-order valence-corrected chi connectivity index (χ0v) is 10.2. The van der Waals surface area contributed by atoms with Gasteiger partial charge in [0.25, 0.3) is 5.56 Å². The molecule has 0 aliphatic rings. The number of aromatic amines is 1. The maximum atomic E-state index is 11.8. The van der Waals surface area contributed by atoms with Gasteiger partial charge in [-0.2, -0.15) is 13.2 Å². The average Bonchev–Trinajstić information content (AvgIpc) is 2.17. The predicted molar refractivity (Wildman–Crippen MR) is 59.6 cm³/mol. The minimum Gasteiger partial charge on any atom is -0.368 e. The van der Waals surface area contributed by atoms with E-state index in [0.717, 1.165) is 0 Å². The Morgan fingerprint density at radius 2 is 2.25 bits per heavy atom. The second-order valence-corrected chi connectivity index (χ2v) is 4.57. The summed E-state index contributed by atoms with van der Waals surface area (Å²) < 4.78 is 35.5. The molecular weight excluding hydrogens is 311 g/mol. The van der Waals surface area contributed by atoms with Gasteiger partial charge in [-0.25, -0.2) is 4.98 Å². The quantitative estimate of drug-likeness (QED) is 0.836. The first-order valence-corrected chi connectivity index (χ1v) is 5.86. The van der Waals surface area contributed by atoms with E-state index in [-0.39, 0.29) is 39.9 Å². The van der Waals surface area contributed by atoms with Crippen molar-refractivity contribution in [1.29, 1.82) is 0 Å². The van der Waals surface area contributed by atoms with Crippen LogP contribution in [0.2, 0.25) is 0 Å². The molecule has 1 rings (SSSR count). The van der Waals surface area contributed by atoms with Gasteiger partial charge in [0.05, 0.1) is 6.33 Å². The van der Waals surface area contributed by atoms with Crippen molar-refractivity contribution in [3.8, 4) is 0 Å². The number of rotatable bonds is 4. The normalized spacial score (nSPS) is 11.5. The van der Waals surface area contributed by atoms with E-state index in [4.69, 9.17) is 0 Å². The van der Waals surface area contributed by atoms with E-state index >= 15 is 0 Å². The molecule has 0 radical (unpaired) electrons. The lowest BCUT2D eigenvalue weighted by Crippen LogP contribution is -2.15. The third-order valence-electron chi connectivity index (χ3n) is 1.46. The lowest BCUT2D eigenvalue weighted by atomic mass is 10.5. The summed E-state index contributed by atoms with van der Waals surface area (Å²) in [6.45, 7) is 0.0687. The summed E-state index contributed by atoms with van der Waals surface area (Å²) in [5.74, 6) is 0.0799. The molecule has 0 bridgehead atoms. The van der Waals surface area contributed by atoms with Crippen LogP contribution in [0.4, 0.5) is 19.0 Å². The van der Waals surface area contributed by atoms with Gasteiger partial charge in [0.15, 0.2) is 0 Å². The molecule has 90 valence electrons. The van der Waals surface area contributed by atoms with Crippen molar-refractivity contribution in [2.75, 3.05) is 17.6 Å². The highest BCUT2D eigenvalue weighted by molar-refractivity contribution is 9.10. The highest BCUT2D eigenvalue weighted by Crippen LogP contribution is 2.29. The number of anilines is 1. The summed E-state index contributed by atoms with van der Waals surface area (Å²) >= 11 is 2.85. The molecule has 0 fully saturated rings. The Balaban J connectivity index is 2.44. The van der Waals surface area contributed by atoms with Crippen molar-refractivity contribution in [3.05, 3.63) is 21.2 Å². The fourth-order valence-corrected chi connectivity index (χ4v) is 1.64. The molecule has 0 aromatic carbocycles. The van der Waals surface area contributed by atoms with E-state index < -0.39 is 5.51 Å². The predicted octanol–water partition coefficient (Wildman–Crippen LogP) is 2.20. The summed E-state index contributed by atoms with van der Waals surface area (Å²) in [7, 11) is 0. The highest BCUT2D eigenvalue weighted by Gasteiger charge is 2.27. The number of hydrogen-bond acceptors (Lipinski definition) is 4. The Labute approximate surface area is 101 Å². The van der Waals surface area contributed by atoms with E-state index in [9.17, 15) is 18.0 Å². The summed E-state index contributed by atoms with van der Waals surface area (Å²) in [6.07, 6.45) is 1.17. The number of alkyl halides is 3. The Kier molecular flexibility index (Phi) is 4.66. The third kappa shape index (κ3) is 4.44. The van der Waals surface area contributed by atoms with Crippen LogP contribution in [0.15, 0.2) is 15.6 Å². The van der Waals surface area contributed by atoms with Gasteiger partial charge in [-0.15, -0.1) is 0 Å². The first kappa shape index (κ1) is 13.4. The van der Waals surface area contributed by atoms with Crippen molar-refractivity contribution in [2.45, 2.75) is 5.51 Å². The molecule has 0 unspecified atom stereocenters. The molecule has 4 nitrogen and oxygen atoms in total. The van der Waals surface area contributed by atoms with Gasteiger partial charge in [0.1, 0.15) is 10.3 Å². The molecule has 0 saturated heterocycles. The zero-order valence-electron chi connectivity index (χ0n) is 7.77. The van der Waals surface area contributed by atoms with Crippen LogP contribution in [0.3, 0.4) is 0 Å². The number of halogens is 4. The SMILES string of the molecule is O=c1[nH]cnc(NCCSC(F)(F)F)c1Br. The molecule has 0 spiro atoms. The topological polar surface area (TPSA) is 57.8 Å². The standard InChI is InChI=1S/C7H7BrF3N3OS/c8-4-5(13-3-14-6(4)15)12-1-2-16-7(9,10)11/h3H,1-2H2,(H2,12,13,14,15). The molecule has 2 N–H and O–H groups in total. The Bertz CT molecular complexity index is 409. The van der Waals surface area contributed by atoms with Gasteiger partial charge in [-0.3, -0.25) is 4.79 Å². The second kappa shape index (κ2) is 5.58. The van der Waals surface area contributed by atoms with Crippen molar-refractivity contribution < 1.29 is 13.2 Å². The largest absolute Gasteiger partial charge is 0.441 e. The third-order valence-corrected chi connectivity index (χ3v) is 2.93. The molecule has 1 heterocycles. The van der Waals surface area contributed by atoms with E-state index in [1.807, 2.05) is 0 Å². The highest BCUT2D eigenvalue weighted by atomic mass is 79.9. The first-order chi connectivity index (χ1) is 7.40. The number of aromatic nitrogens is 2. The van der Waals surface area contributed by atoms with Gasteiger partial charge in [0, 0.05) is 12.3 Å². The Hall–Kier alpha value is -0.700. The molecule has 9 heteroatoms. The van der Waals surface area contributed by atoms with Crippen LogP contribution < -0.4 is 10.9 Å². The van der Waals surface area contributed by atoms with Crippen LogP contribution >= 0.6 is 27.7 Å². The lowest BCUT2D eigenvalue weighted by Gasteiger charge is -2.07. The van der Waals surface area contributed by atoms with E-state index in [1.54, 1.807) is 0 Å². The minimum atomic E-state index is -4.24. The van der Waals surface area contributed by atoms with E-state index in [2.05, 4.69) is 31.2 Å². The van der Waals surface area contributed by atoms with Crippen LogP contribution in [0.25, 0.3) is 0 Å². The Morgan fingerprint density at radius 3 is 2.88 bits per heavy atom. The number of nitrogens with one attached hydrogen (secondary N) is 2. The van der Waals surface area contributed by atoms with Gasteiger partial charge in [-0.1, -0.05) is 0 Å². The van der Waals surface area contributed by atoms with Crippen LogP contribution in [0, 0.1) is 0 Å². The Morgan fingerprint density at radius 1 is 1.56 bits per heavy atom. The maximum Gasteiger partial charge on any atom is 0.441 e. The molecule has 0 atom stereocenters. The van der Waals surface area contributed by atoms with Crippen molar-refractivity contribution in [2.24, 2.45) is 0 Å². The fourth-order valence-electron chi connectivity index (χ4n) is 0.842. The molecule has 0 aliphatic heterocycles. The van der Waals surface area contributed by atoms with Gasteiger partial charge in [0.2, 0.25) is 0 Å². The smallest absolute Gasteiger partial charge is 0.368 e. The van der Waals surface area contributed by atoms with Gasteiger partial charge in [-0.05, 0) is 27.7 Å². The number of nitrogens with zero attached hydrogens (tertiary/aromatic N) is 1. The summed E-state index contributed by atoms with van der Waals surface area (Å²) in [6, 6.07) is 0. The molecule has 0 amide bonds. The summed E-state index contributed by atoms with van der Waals surface area (Å²) in [5, 5.41) is 2.63. The van der Waals surface area contributed by atoms with Crippen LogP contribution in [0.1, 0.15) is 0 Å². The van der Waals surface area contributed by atoms with Gasteiger partial charge < -0.3 is 10.3 Å². The van der Waals surface area contributed by atoms with Crippen LogP contribution in [0.5, 0.6) is 0 Å². The van der Waals surface area contributed by atoms with Crippen molar-refractivity contribution in [1.82, 2.24) is 9.97 Å². The van der Waals surface area contributed by atoms with Crippen LogP contribution in [-0.4, -0.2) is 27.8 Å². The molecule has 1 aromatic rings. The maximum absolute atomic E-state index is 11.8. The summed E-state index contributed by atoms with van der Waals surface area (Å²) in [4.78, 5) is 17.1. The number of H-pyrrole nitrogens is 1. The number of hydrogen-bond donors (Lipinski definition) is 2. The molecule has 1 aromatic heterocycles. The average molecular weight is 318 g/mol. The molecule has 0 aliphatic carbocycles. The van der Waals surface area contributed by atoms with Gasteiger partial charge >= 0.3 is 5.51 Å². The second-order valence-electron chi connectivity index (χ2n) is 2.62. The monoisotopic (exact) mass is 317 g/mol. The summed E-state index contributed by atoms with van der Waals surface area (Å²) in [5.41, 5.74) is -4.62. The van der Waals surface area contributed by atoms with E-state index in [1.165, 1.54) is 6.33 Å². The molecular formula is C7H7BrF3N3OS. The van der Waals surface area contributed by atoms with E-state index in [0.29, 0.717) is 0 Å². The minimum absolute atomic E-state index is 0.0687. The molecule has 0 saturated carbocycles. The fraction of sp³-hybridized carbons (Fsp3) is 0.429. The van der Waals surface area contributed by atoms with Crippen LogP contribution in [-0.2, 0) is 0 Å². The zero-order chi connectivity index (χ0) is 12.2.